The SMILES string of the molecule is CCCOC(c1ccccc1)C(NCCCS)c1ccccc1. The van der Waals surface area contributed by atoms with Crippen molar-refractivity contribution in [3.05, 3.63) is 71.8 Å². The lowest BCUT2D eigenvalue weighted by Gasteiger charge is -2.29. The van der Waals surface area contributed by atoms with E-state index in [0.29, 0.717) is 0 Å². The predicted octanol–water partition coefficient (Wildman–Crippen LogP) is 4.81. The lowest BCUT2D eigenvalue weighted by Crippen LogP contribution is -2.30. The molecule has 0 saturated carbocycles. The minimum Gasteiger partial charge on any atom is -0.372 e. The molecule has 0 fully saturated rings. The fourth-order valence-electron chi connectivity index (χ4n) is 2.67. The quantitative estimate of drug-likeness (QED) is 0.482. The third-order valence-electron chi connectivity index (χ3n) is 3.79. The molecule has 0 aliphatic heterocycles. The van der Waals surface area contributed by atoms with Crippen LogP contribution in [0.1, 0.15) is 43.0 Å². The number of hydrogen-bond acceptors (Lipinski definition) is 3. The van der Waals surface area contributed by atoms with Crippen LogP contribution in [0.4, 0.5) is 0 Å². The first-order chi connectivity index (χ1) is 11.4. The molecule has 2 unspecified atom stereocenters. The summed E-state index contributed by atoms with van der Waals surface area (Å²) >= 11 is 4.32. The van der Waals surface area contributed by atoms with Crippen molar-refractivity contribution in [2.24, 2.45) is 0 Å². The average Bonchev–Trinajstić information content (AvgIpc) is 2.62. The minimum absolute atomic E-state index is 0.0125. The van der Waals surface area contributed by atoms with Crippen molar-refractivity contribution in [3.63, 3.8) is 0 Å². The van der Waals surface area contributed by atoms with Crippen molar-refractivity contribution in [3.8, 4) is 0 Å². The predicted molar refractivity (Wildman–Crippen MR) is 101 cm³/mol. The lowest BCUT2D eigenvalue weighted by atomic mass is 9.95. The van der Waals surface area contributed by atoms with Crippen LogP contribution in [0.15, 0.2) is 60.7 Å². The zero-order chi connectivity index (χ0) is 16.3. The molecule has 2 atom stereocenters. The summed E-state index contributed by atoms with van der Waals surface area (Å²) in [5, 5.41) is 3.67. The van der Waals surface area contributed by atoms with Gasteiger partial charge in [0, 0.05) is 6.61 Å². The summed E-state index contributed by atoms with van der Waals surface area (Å²) in [6.45, 7) is 3.84. The standard InChI is InChI=1S/C20H27NOS/c1-2-15-22-20(18-12-7-4-8-13-18)19(21-14-9-16-23)17-10-5-3-6-11-17/h3-8,10-13,19-21,23H,2,9,14-16H2,1H3. The van der Waals surface area contributed by atoms with Crippen LogP contribution in [0.25, 0.3) is 0 Å². The summed E-state index contributed by atoms with van der Waals surface area (Å²) in [7, 11) is 0. The van der Waals surface area contributed by atoms with Crippen molar-refractivity contribution in [1.82, 2.24) is 5.32 Å². The summed E-state index contributed by atoms with van der Waals surface area (Å²) in [6, 6.07) is 21.2. The molecule has 2 aromatic carbocycles. The second-order valence-electron chi connectivity index (χ2n) is 5.62. The van der Waals surface area contributed by atoms with E-state index in [1.54, 1.807) is 0 Å². The zero-order valence-electron chi connectivity index (χ0n) is 13.8. The maximum atomic E-state index is 6.24. The van der Waals surface area contributed by atoms with Crippen LogP contribution in [0.2, 0.25) is 0 Å². The van der Waals surface area contributed by atoms with Gasteiger partial charge in [-0.1, -0.05) is 67.6 Å². The van der Waals surface area contributed by atoms with Crippen molar-refractivity contribution in [2.45, 2.75) is 31.9 Å². The van der Waals surface area contributed by atoms with E-state index in [2.05, 4.69) is 79.5 Å². The molecule has 23 heavy (non-hydrogen) atoms. The van der Waals surface area contributed by atoms with E-state index in [9.17, 15) is 0 Å². The highest BCUT2D eigenvalue weighted by Gasteiger charge is 2.24. The lowest BCUT2D eigenvalue weighted by molar-refractivity contribution is 0.0247. The van der Waals surface area contributed by atoms with E-state index in [1.165, 1.54) is 11.1 Å². The van der Waals surface area contributed by atoms with Crippen LogP contribution in [0.3, 0.4) is 0 Å². The Labute approximate surface area is 145 Å². The molecule has 1 N–H and O–H groups in total. The van der Waals surface area contributed by atoms with Crippen LogP contribution >= 0.6 is 12.6 Å². The van der Waals surface area contributed by atoms with Gasteiger partial charge in [0.15, 0.2) is 0 Å². The molecule has 0 spiro atoms. The monoisotopic (exact) mass is 329 g/mol. The number of ether oxygens (including phenoxy) is 1. The minimum atomic E-state index is 0.0125. The molecule has 0 aliphatic carbocycles. The molecule has 0 aliphatic rings. The Kier molecular flexibility index (Phi) is 8.23. The van der Waals surface area contributed by atoms with E-state index in [4.69, 9.17) is 4.74 Å². The smallest absolute Gasteiger partial charge is 0.102 e. The highest BCUT2D eigenvalue weighted by Crippen LogP contribution is 2.32. The van der Waals surface area contributed by atoms with Crippen LogP contribution < -0.4 is 5.32 Å². The molecule has 2 rings (SSSR count). The normalized spacial score (nSPS) is 13.7. The molecule has 0 bridgehead atoms. The first kappa shape index (κ1) is 18.1. The third-order valence-corrected chi connectivity index (χ3v) is 4.11. The molecule has 0 amide bonds. The van der Waals surface area contributed by atoms with E-state index in [-0.39, 0.29) is 12.1 Å². The van der Waals surface area contributed by atoms with Crippen molar-refractivity contribution >= 4 is 12.6 Å². The zero-order valence-corrected chi connectivity index (χ0v) is 14.7. The molecule has 124 valence electrons. The first-order valence-corrected chi connectivity index (χ1v) is 9.05. The Morgan fingerprint density at radius 3 is 2.13 bits per heavy atom. The van der Waals surface area contributed by atoms with Gasteiger partial charge in [-0.3, -0.25) is 0 Å². The highest BCUT2D eigenvalue weighted by molar-refractivity contribution is 7.80. The van der Waals surface area contributed by atoms with Gasteiger partial charge < -0.3 is 10.1 Å². The highest BCUT2D eigenvalue weighted by atomic mass is 32.1. The summed E-state index contributed by atoms with van der Waals surface area (Å²) in [4.78, 5) is 0. The molecule has 2 nitrogen and oxygen atoms in total. The van der Waals surface area contributed by atoms with Crippen LogP contribution in [-0.4, -0.2) is 18.9 Å². The topological polar surface area (TPSA) is 21.3 Å². The fourth-order valence-corrected chi connectivity index (χ4v) is 2.83. The van der Waals surface area contributed by atoms with Gasteiger partial charge >= 0.3 is 0 Å². The Balaban J connectivity index is 2.27. The van der Waals surface area contributed by atoms with E-state index < -0.39 is 0 Å². The van der Waals surface area contributed by atoms with Crippen molar-refractivity contribution in [2.75, 3.05) is 18.9 Å². The van der Waals surface area contributed by atoms with Gasteiger partial charge in [0.05, 0.1) is 6.04 Å². The molecule has 0 heterocycles. The maximum absolute atomic E-state index is 6.24. The Hall–Kier alpha value is -1.29. The van der Waals surface area contributed by atoms with E-state index >= 15 is 0 Å². The van der Waals surface area contributed by atoms with Gasteiger partial charge in [0.2, 0.25) is 0 Å². The Bertz CT molecular complexity index is 532. The summed E-state index contributed by atoms with van der Waals surface area (Å²) < 4.78 is 6.24. The van der Waals surface area contributed by atoms with E-state index in [0.717, 1.165) is 31.7 Å². The van der Waals surface area contributed by atoms with Crippen molar-refractivity contribution in [1.29, 1.82) is 0 Å². The first-order valence-electron chi connectivity index (χ1n) is 8.42. The van der Waals surface area contributed by atoms with Gasteiger partial charge in [-0.25, -0.2) is 0 Å². The molecule has 0 radical (unpaired) electrons. The van der Waals surface area contributed by atoms with Crippen LogP contribution in [0, 0.1) is 0 Å². The Morgan fingerprint density at radius 2 is 1.57 bits per heavy atom. The average molecular weight is 330 g/mol. The second kappa shape index (κ2) is 10.5. The number of rotatable bonds is 10. The summed E-state index contributed by atoms with van der Waals surface area (Å²) in [6.07, 6.45) is 2.07. The molecule has 3 heteroatoms. The second-order valence-corrected chi connectivity index (χ2v) is 6.07. The molecular formula is C20H27NOS. The number of benzene rings is 2. The number of nitrogens with one attached hydrogen (secondary N) is 1. The number of thiol groups is 1. The van der Waals surface area contributed by atoms with Crippen molar-refractivity contribution < 1.29 is 4.74 Å². The van der Waals surface area contributed by atoms with Crippen LogP contribution in [0.5, 0.6) is 0 Å². The maximum Gasteiger partial charge on any atom is 0.102 e. The van der Waals surface area contributed by atoms with Gasteiger partial charge in [0.25, 0.3) is 0 Å². The fraction of sp³-hybridized carbons (Fsp3) is 0.400. The third kappa shape index (κ3) is 5.69. The number of hydrogen-bond donors (Lipinski definition) is 2. The molecule has 2 aromatic rings. The van der Waals surface area contributed by atoms with E-state index in [1.807, 2.05) is 6.07 Å². The van der Waals surface area contributed by atoms with Gasteiger partial charge in [-0.15, -0.1) is 0 Å². The van der Waals surface area contributed by atoms with Crippen LogP contribution in [-0.2, 0) is 4.74 Å². The largest absolute Gasteiger partial charge is 0.372 e. The van der Waals surface area contributed by atoms with Gasteiger partial charge in [-0.05, 0) is 36.3 Å². The molecular weight excluding hydrogens is 302 g/mol. The molecule has 0 aromatic heterocycles. The summed E-state index contributed by atoms with van der Waals surface area (Å²) in [5.74, 6) is 0.889. The Morgan fingerprint density at radius 1 is 0.957 bits per heavy atom. The summed E-state index contributed by atoms with van der Waals surface area (Å²) in [5.41, 5.74) is 2.48. The molecule has 0 saturated heterocycles. The van der Waals surface area contributed by atoms with Gasteiger partial charge in [-0.2, -0.15) is 12.6 Å². The van der Waals surface area contributed by atoms with Gasteiger partial charge in [0.1, 0.15) is 6.10 Å².